The molecule has 0 spiro atoms. The van der Waals surface area contributed by atoms with Gasteiger partial charge < -0.3 is 15.0 Å². The number of anilines is 1. The van der Waals surface area contributed by atoms with Gasteiger partial charge in [-0.25, -0.2) is 8.42 Å². The van der Waals surface area contributed by atoms with Gasteiger partial charge in [0.2, 0.25) is 11.8 Å². The summed E-state index contributed by atoms with van der Waals surface area (Å²) in [7, 11) is -2.80. The molecule has 0 unspecified atom stereocenters. The number of sulfonamides is 1. The van der Waals surface area contributed by atoms with Crippen LogP contribution in [0, 0.1) is 19.8 Å². The van der Waals surface area contributed by atoms with Gasteiger partial charge in [0.1, 0.15) is 18.3 Å². The molecule has 43 heavy (non-hydrogen) atoms. The Morgan fingerprint density at radius 2 is 1.58 bits per heavy atom. The summed E-state index contributed by atoms with van der Waals surface area (Å²) in [5, 5.41) is 3.57. The molecular weight excluding hydrogens is 609 g/mol. The lowest BCUT2D eigenvalue weighted by atomic mass is 10.1. The second-order valence-electron chi connectivity index (χ2n) is 10.8. The first-order valence-electron chi connectivity index (χ1n) is 14.0. The molecular formula is C32H39Cl2N3O5S. The summed E-state index contributed by atoms with van der Waals surface area (Å²) in [6.45, 7) is 9.29. The number of carbonyl (C=O) groups is 2. The third-order valence-electron chi connectivity index (χ3n) is 6.90. The van der Waals surface area contributed by atoms with E-state index in [1.807, 2.05) is 27.7 Å². The molecule has 0 aromatic heterocycles. The van der Waals surface area contributed by atoms with E-state index in [2.05, 4.69) is 5.32 Å². The first-order valence-corrected chi connectivity index (χ1v) is 16.2. The average molecular weight is 649 g/mol. The third-order valence-corrected chi connectivity index (χ3v) is 9.41. The van der Waals surface area contributed by atoms with Crippen LogP contribution in [0.25, 0.3) is 0 Å². The van der Waals surface area contributed by atoms with Crippen LogP contribution in [-0.2, 0) is 26.2 Å². The second kappa shape index (κ2) is 14.9. The van der Waals surface area contributed by atoms with E-state index in [9.17, 15) is 18.0 Å². The summed E-state index contributed by atoms with van der Waals surface area (Å²) >= 11 is 12.4. The molecule has 0 bridgehead atoms. The van der Waals surface area contributed by atoms with Crippen LogP contribution in [0.5, 0.6) is 5.75 Å². The maximum absolute atomic E-state index is 14.3. The van der Waals surface area contributed by atoms with E-state index in [4.69, 9.17) is 27.9 Å². The predicted molar refractivity (Wildman–Crippen MR) is 172 cm³/mol. The number of aryl methyl sites for hydroxylation is 2. The molecule has 0 saturated heterocycles. The molecule has 3 aromatic rings. The van der Waals surface area contributed by atoms with Crippen LogP contribution in [0.1, 0.15) is 43.9 Å². The number of methoxy groups -OCH3 is 1. The fourth-order valence-corrected chi connectivity index (χ4v) is 6.26. The van der Waals surface area contributed by atoms with Crippen LogP contribution >= 0.6 is 23.2 Å². The highest BCUT2D eigenvalue weighted by atomic mass is 35.5. The number of hydrogen-bond acceptors (Lipinski definition) is 5. The second-order valence-corrected chi connectivity index (χ2v) is 13.5. The first-order chi connectivity index (χ1) is 20.3. The van der Waals surface area contributed by atoms with E-state index in [1.54, 1.807) is 55.5 Å². The molecule has 232 valence electrons. The third kappa shape index (κ3) is 8.65. The van der Waals surface area contributed by atoms with Crippen LogP contribution in [0.3, 0.4) is 0 Å². The van der Waals surface area contributed by atoms with Crippen molar-refractivity contribution in [2.24, 2.45) is 5.92 Å². The van der Waals surface area contributed by atoms with Crippen molar-refractivity contribution >= 4 is 50.7 Å². The summed E-state index contributed by atoms with van der Waals surface area (Å²) in [5.41, 5.74) is 2.52. The summed E-state index contributed by atoms with van der Waals surface area (Å²) in [5.74, 6) is -0.418. The maximum Gasteiger partial charge on any atom is 0.264 e. The maximum atomic E-state index is 14.3. The summed E-state index contributed by atoms with van der Waals surface area (Å²) in [6, 6.07) is 15.6. The molecule has 11 heteroatoms. The zero-order valence-corrected chi connectivity index (χ0v) is 27.7. The lowest BCUT2D eigenvalue weighted by Crippen LogP contribution is -2.52. The van der Waals surface area contributed by atoms with Gasteiger partial charge in [-0.1, -0.05) is 73.8 Å². The van der Waals surface area contributed by atoms with Gasteiger partial charge in [-0.05, 0) is 73.7 Å². The van der Waals surface area contributed by atoms with E-state index in [0.29, 0.717) is 28.6 Å². The van der Waals surface area contributed by atoms with Crippen molar-refractivity contribution in [3.8, 4) is 5.75 Å². The molecule has 0 aliphatic rings. The van der Waals surface area contributed by atoms with Crippen molar-refractivity contribution in [2.75, 3.05) is 24.5 Å². The standard InChI is InChI=1S/C32H39Cl2N3O5S/c1-7-28(32(39)35-18-21(2)3)36(19-24-11-14-26(33)27(34)17-24)31(38)20-37(29-16-23(5)10-15-30(29)42-6)43(40,41)25-12-8-22(4)9-13-25/h8-17,21,28H,7,18-20H2,1-6H3,(H,35,39)/t28-/m1/s1. The van der Waals surface area contributed by atoms with Crippen LogP contribution in [0.15, 0.2) is 65.6 Å². The summed E-state index contributed by atoms with van der Waals surface area (Å²) in [4.78, 5) is 29.1. The van der Waals surface area contributed by atoms with Crippen molar-refractivity contribution in [1.82, 2.24) is 10.2 Å². The summed E-state index contributed by atoms with van der Waals surface area (Å²) in [6.07, 6.45) is 0.301. The quantitative estimate of drug-likeness (QED) is 0.232. The molecule has 0 saturated carbocycles. The van der Waals surface area contributed by atoms with Crippen molar-refractivity contribution in [3.05, 3.63) is 87.4 Å². The Morgan fingerprint density at radius 3 is 2.16 bits per heavy atom. The highest BCUT2D eigenvalue weighted by Crippen LogP contribution is 2.34. The predicted octanol–water partition coefficient (Wildman–Crippen LogP) is 6.39. The fraction of sp³-hybridized carbons (Fsp3) is 0.375. The molecule has 3 rings (SSSR count). The summed E-state index contributed by atoms with van der Waals surface area (Å²) < 4.78 is 34.9. The molecule has 0 heterocycles. The minimum atomic E-state index is -4.24. The number of halogens is 2. The molecule has 0 aliphatic carbocycles. The number of rotatable bonds is 13. The fourth-order valence-electron chi connectivity index (χ4n) is 4.52. The van der Waals surface area contributed by atoms with Gasteiger partial charge >= 0.3 is 0 Å². The smallest absolute Gasteiger partial charge is 0.264 e. The van der Waals surface area contributed by atoms with Gasteiger partial charge in [-0.15, -0.1) is 0 Å². The molecule has 1 N–H and O–H groups in total. The lowest BCUT2D eigenvalue weighted by Gasteiger charge is -2.33. The van der Waals surface area contributed by atoms with Gasteiger partial charge in [0.15, 0.2) is 0 Å². The van der Waals surface area contributed by atoms with Crippen molar-refractivity contribution in [2.45, 2.75) is 58.5 Å². The van der Waals surface area contributed by atoms with Crippen molar-refractivity contribution < 1.29 is 22.7 Å². The van der Waals surface area contributed by atoms with E-state index >= 15 is 0 Å². The number of carbonyl (C=O) groups excluding carboxylic acids is 2. The van der Waals surface area contributed by atoms with Gasteiger partial charge in [0, 0.05) is 13.1 Å². The molecule has 3 aromatic carbocycles. The average Bonchev–Trinajstić information content (AvgIpc) is 2.96. The first kappa shape index (κ1) is 34.2. The monoisotopic (exact) mass is 647 g/mol. The Morgan fingerprint density at radius 1 is 0.930 bits per heavy atom. The Kier molecular flexibility index (Phi) is 11.9. The topological polar surface area (TPSA) is 96.0 Å². The van der Waals surface area contributed by atoms with E-state index in [0.717, 1.165) is 15.4 Å². The zero-order chi connectivity index (χ0) is 31.9. The van der Waals surface area contributed by atoms with Crippen LogP contribution in [0.4, 0.5) is 5.69 Å². The van der Waals surface area contributed by atoms with E-state index in [-0.39, 0.29) is 34.7 Å². The minimum Gasteiger partial charge on any atom is -0.495 e. The molecule has 2 amide bonds. The number of ether oxygens (including phenoxy) is 1. The highest BCUT2D eigenvalue weighted by Gasteiger charge is 2.35. The zero-order valence-electron chi connectivity index (χ0n) is 25.4. The molecule has 0 radical (unpaired) electrons. The number of benzene rings is 3. The minimum absolute atomic E-state index is 0.00665. The van der Waals surface area contributed by atoms with Crippen molar-refractivity contribution in [1.29, 1.82) is 0 Å². The Bertz CT molecular complexity index is 1550. The molecule has 8 nitrogen and oxygen atoms in total. The number of amides is 2. The van der Waals surface area contributed by atoms with Gasteiger partial charge in [0.25, 0.3) is 10.0 Å². The molecule has 0 aliphatic heterocycles. The van der Waals surface area contributed by atoms with E-state index < -0.39 is 28.5 Å². The Hall–Kier alpha value is -3.27. The van der Waals surface area contributed by atoms with E-state index in [1.165, 1.54) is 24.1 Å². The molecule has 1 atom stereocenters. The number of nitrogens with one attached hydrogen (secondary N) is 1. The molecule has 0 fully saturated rings. The van der Waals surface area contributed by atoms with Gasteiger partial charge in [-0.2, -0.15) is 0 Å². The lowest BCUT2D eigenvalue weighted by molar-refractivity contribution is -0.140. The van der Waals surface area contributed by atoms with Gasteiger partial charge in [-0.3, -0.25) is 13.9 Å². The normalized spacial score (nSPS) is 12.1. The van der Waals surface area contributed by atoms with Crippen molar-refractivity contribution in [3.63, 3.8) is 0 Å². The van der Waals surface area contributed by atoms with Crippen LogP contribution in [-0.4, -0.2) is 51.4 Å². The highest BCUT2D eigenvalue weighted by molar-refractivity contribution is 7.92. The van der Waals surface area contributed by atoms with Crippen LogP contribution < -0.4 is 14.4 Å². The SMILES string of the molecule is CC[C@H](C(=O)NCC(C)C)N(Cc1ccc(Cl)c(Cl)c1)C(=O)CN(c1cc(C)ccc1OC)S(=O)(=O)c1ccc(C)cc1. The number of nitrogens with zero attached hydrogens (tertiary/aromatic N) is 2. The Balaban J connectivity index is 2.13. The Labute approximate surface area is 265 Å². The van der Waals surface area contributed by atoms with Crippen LogP contribution in [0.2, 0.25) is 10.0 Å². The number of hydrogen-bond donors (Lipinski definition) is 1. The van der Waals surface area contributed by atoms with Gasteiger partial charge in [0.05, 0.1) is 27.7 Å². The largest absolute Gasteiger partial charge is 0.495 e.